The van der Waals surface area contributed by atoms with Crippen molar-refractivity contribution in [3.05, 3.63) is 46.0 Å². The van der Waals surface area contributed by atoms with Gasteiger partial charge in [-0.1, -0.05) is 5.16 Å². The lowest BCUT2D eigenvalue weighted by atomic mass is 10.2. The maximum Gasteiger partial charge on any atom is 0.252 e. The van der Waals surface area contributed by atoms with E-state index in [1.165, 1.54) is 10.6 Å². The van der Waals surface area contributed by atoms with Crippen LogP contribution < -0.4 is 10.9 Å². The molecule has 1 amide bonds. The number of aryl methyl sites for hydroxylation is 1. The van der Waals surface area contributed by atoms with Gasteiger partial charge < -0.3 is 14.4 Å². The van der Waals surface area contributed by atoms with Crippen molar-refractivity contribution in [2.45, 2.75) is 45.2 Å². The number of pyridine rings is 1. The second-order valence-electron chi connectivity index (χ2n) is 5.50. The molecular weight excluding hydrogens is 284 g/mol. The van der Waals surface area contributed by atoms with Crippen LogP contribution in [0.25, 0.3) is 0 Å². The van der Waals surface area contributed by atoms with Crippen LogP contribution in [0.4, 0.5) is 0 Å². The molecule has 0 saturated heterocycles. The van der Waals surface area contributed by atoms with Crippen LogP contribution in [-0.4, -0.2) is 20.6 Å². The third-order valence-electron chi connectivity index (χ3n) is 3.72. The molecule has 0 bridgehead atoms. The zero-order chi connectivity index (χ0) is 15.7. The fourth-order valence-corrected chi connectivity index (χ4v) is 2.18. The third-order valence-corrected chi connectivity index (χ3v) is 3.72. The SMILES string of the molecule is CCn1ccc(C(=O)NC(C)c2nc(C3CC3)no2)cc1=O. The molecule has 2 aromatic rings. The highest BCUT2D eigenvalue weighted by Crippen LogP contribution is 2.38. The van der Waals surface area contributed by atoms with Gasteiger partial charge in [-0.15, -0.1) is 0 Å². The standard InChI is InChI=1S/C15H18N4O3/c1-3-19-7-6-11(8-12(19)20)14(21)16-9(2)15-17-13(18-22-15)10-4-5-10/h6-10H,3-5H2,1-2H3,(H,16,21). The Morgan fingerprint density at radius 2 is 2.32 bits per heavy atom. The summed E-state index contributed by atoms with van der Waals surface area (Å²) in [5.74, 6) is 1.17. The summed E-state index contributed by atoms with van der Waals surface area (Å²) in [7, 11) is 0. The molecular formula is C15H18N4O3. The number of carbonyl (C=O) groups is 1. The van der Waals surface area contributed by atoms with Crippen molar-refractivity contribution >= 4 is 5.91 Å². The Balaban J connectivity index is 1.69. The van der Waals surface area contributed by atoms with Gasteiger partial charge in [-0.2, -0.15) is 4.98 Å². The topological polar surface area (TPSA) is 90.0 Å². The normalized spacial score (nSPS) is 15.5. The van der Waals surface area contributed by atoms with Gasteiger partial charge in [0, 0.05) is 30.3 Å². The lowest BCUT2D eigenvalue weighted by Crippen LogP contribution is -2.29. The van der Waals surface area contributed by atoms with E-state index in [4.69, 9.17) is 4.52 Å². The minimum Gasteiger partial charge on any atom is -0.341 e. The van der Waals surface area contributed by atoms with E-state index in [0.29, 0.717) is 29.7 Å². The first-order valence-electron chi connectivity index (χ1n) is 7.43. The van der Waals surface area contributed by atoms with Crippen molar-refractivity contribution in [2.24, 2.45) is 0 Å². The summed E-state index contributed by atoms with van der Waals surface area (Å²) in [4.78, 5) is 28.2. The molecule has 2 heterocycles. The molecule has 2 aromatic heterocycles. The van der Waals surface area contributed by atoms with Gasteiger partial charge in [-0.25, -0.2) is 0 Å². The number of hydrogen-bond acceptors (Lipinski definition) is 5. The number of rotatable bonds is 5. The molecule has 3 rings (SSSR count). The van der Waals surface area contributed by atoms with E-state index in [1.54, 1.807) is 19.2 Å². The molecule has 7 heteroatoms. The Morgan fingerprint density at radius 3 is 2.95 bits per heavy atom. The zero-order valence-electron chi connectivity index (χ0n) is 12.6. The highest BCUT2D eigenvalue weighted by Gasteiger charge is 2.29. The molecule has 7 nitrogen and oxygen atoms in total. The zero-order valence-corrected chi connectivity index (χ0v) is 12.6. The van der Waals surface area contributed by atoms with Gasteiger partial charge in [0.25, 0.3) is 11.5 Å². The monoisotopic (exact) mass is 302 g/mol. The number of nitrogens with one attached hydrogen (secondary N) is 1. The Labute approximate surface area is 127 Å². The molecule has 0 aromatic carbocycles. The first-order valence-corrected chi connectivity index (χ1v) is 7.43. The number of aromatic nitrogens is 3. The van der Waals surface area contributed by atoms with Gasteiger partial charge in [0.05, 0.1) is 0 Å². The van der Waals surface area contributed by atoms with Gasteiger partial charge in [0.15, 0.2) is 5.82 Å². The summed E-state index contributed by atoms with van der Waals surface area (Å²) in [6.45, 7) is 4.22. The summed E-state index contributed by atoms with van der Waals surface area (Å²) < 4.78 is 6.71. The van der Waals surface area contributed by atoms with Crippen LogP contribution in [0, 0.1) is 0 Å². The molecule has 0 radical (unpaired) electrons. The fraction of sp³-hybridized carbons (Fsp3) is 0.467. The lowest BCUT2D eigenvalue weighted by Gasteiger charge is -2.10. The minimum absolute atomic E-state index is 0.198. The van der Waals surface area contributed by atoms with E-state index in [0.717, 1.165) is 12.8 Å². The average molecular weight is 302 g/mol. The van der Waals surface area contributed by atoms with Crippen molar-refractivity contribution < 1.29 is 9.32 Å². The number of hydrogen-bond donors (Lipinski definition) is 1. The second-order valence-corrected chi connectivity index (χ2v) is 5.50. The van der Waals surface area contributed by atoms with Crippen LogP contribution in [0.15, 0.2) is 27.6 Å². The fourth-order valence-electron chi connectivity index (χ4n) is 2.18. The third kappa shape index (κ3) is 2.93. The summed E-state index contributed by atoms with van der Waals surface area (Å²) in [5.41, 5.74) is 0.125. The summed E-state index contributed by atoms with van der Waals surface area (Å²) in [5, 5.41) is 6.69. The number of carbonyl (C=O) groups excluding carboxylic acids is 1. The molecule has 1 saturated carbocycles. The van der Waals surface area contributed by atoms with Crippen molar-refractivity contribution in [1.82, 2.24) is 20.0 Å². The van der Waals surface area contributed by atoms with Gasteiger partial charge >= 0.3 is 0 Å². The van der Waals surface area contributed by atoms with Gasteiger partial charge in [0.2, 0.25) is 5.89 Å². The van der Waals surface area contributed by atoms with Crippen molar-refractivity contribution in [3.63, 3.8) is 0 Å². The molecule has 0 spiro atoms. The van der Waals surface area contributed by atoms with E-state index in [-0.39, 0.29) is 11.5 Å². The second kappa shape index (κ2) is 5.75. The Kier molecular flexibility index (Phi) is 3.79. The van der Waals surface area contributed by atoms with Crippen LogP contribution in [0.5, 0.6) is 0 Å². The first kappa shape index (κ1) is 14.5. The van der Waals surface area contributed by atoms with Crippen LogP contribution in [0.1, 0.15) is 60.7 Å². The molecule has 0 aliphatic heterocycles. The summed E-state index contributed by atoms with van der Waals surface area (Å²) in [6, 6.07) is 2.55. The van der Waals surface area contributed by atoms with Crippen molar-refractivity contribution in [1.29, 1.82) is 0 Å². The quantitative estimate of drug-likeness (QED) is 0.906. The molecule has 1 aliphatic carbocycles. The van der Waals surface area contributed by atoms with E-state index in [1.807, 2.05) is 6.92 Å². The summed E-state index contributed by atoms with van der Waals surface area (Å²) in [6.07, 6.45) is 3.79. The highest BCUT2D eigenvalue weighted by atomic mass is 16.5. The number of amides is 1. The van der Waals surface area contributed by atoms with Crippen molar-refractivity contribution in [3.8, 4) is 0 Å². The Hall–Kier alpha value is -2.44. The van der Waals surface area contributed by atoms with Crippen LogP contribution in [0.3, 0.4) is 0 Å². The molecule has 1 fully saturated rings. The predicted molar refractivity (Wildman–Crippen MR) is 78.5 cm³/mol. The van der Waals surface area contributed by atoms with E-state index in [9.17, 15) is 9.59 Å². The first-order chi connectivity index (χ1) is 10.6. The van der Waals surface area contributed by atoms with E-state index in [2.05, 4.69) is 15.5 Å². The largest absolute Gasteiger partial charge is 0.341 e. The number of nitrogens with zero attached hydrogens (tertiary/aromatic N) is 3. The maximum absolute atomic E-state index is 12.2. The Bertz CT molecular complexity index is 745. The van der Waals surface area contributed by atoms with Gasteiger partial charge in [-0.05, 0) is 32.8 Å². The highest BCUT2D eigenvalue weighted by molar-refractivity contribution is 5.94. The van der Waals surface area contributed by atoms with Gasteiger partial charge in [0.1, 0.15) is 6.04 Å². The lowest BCUT2D eigenvalue weighted by molar-refractivity contribution is 0.0932. The average Bonchev–Trinajstić information content (AvgIpc) is 3.24. The predicted octanol–water partition coefficient (Wildman–Crippen LogP) is 1.62. The van der Waals surface area contributed by atoms with E-state index >= 15 is 0 Å². The molecule has 1 atom stereocenters. The van der Waals surface area contributed by atoms with E-state index < -0.39 is 6.04 Å². The minimum atomic E-state index is -0.402. The smallest absolute Gasteiger partial charge is 0.252 e. The summed E-state index contributed by atoms with van der Waals surface area (Å²) >= 11 is 0. The molecule has 116 valence electrons. The van der Waals surface area contributed by atoms with Crippen LogP contribution in [-0.2, 0) is 6.54 Å². The molecule has 1 N–H and O–H groups in total. The molecule has 1 aliphatic rings. The molecule has 22 heavy (non-hydrogen) atoms. The van der Waals surface area contributed by atoms with Gasteiger partial charge in [-0.3, -0.25) is 9.59 Å². The van der Waals surface area contributed by atoms with Crippen LogP contribution >= 0.6 is 0 Å². The molecule has 1 unspecified atom stereocenters. The van der Waals surface area contributed by atoms with Crippen molar-refractivity contribution in [2.75, 3.05) is 0 Å². The maximum atomic E-state index is 12.2. The Morgan fingerprint density at radius 1 is 1.55 bits per heavy atom. The van der Waals surface area contributed by atoms with Crippen LogP contribution in [0.2, 0.25) is 0 Å².